The quantitative estimate of drug-likeness (QED) is 0.742. The molecule has 30 heavy (non-hydrogen) atoms. The van der Waals surface area contributed by atoms with E-state index < -0.39 is 5.60 Å². The molecule has 0 unspecified atom stereocenters. The van der Waals surface area contributed by atoms with Gasteiger partial charge in [0.25, 0.3) is 0 Å². The third kappa shape index (κ3) is 5.63. The lowest BCUT2D eigenvalue weighted by Gasteiger charge is -2.40. The second-order valence-corrected chi connectivity index (χ2v) is 8.75. The fourth-order valence-corrected chi connectivity index (χ4v) is 3.47. The van der Waals surface area contributed by atoms with Gasteiger partial charge in [-0.15, -0.1) is 0 Å². The van der Waals surface area contributed by atoms with Gasteiger partial charge in [-0.25, -0.2) is 4.79 Å². The van der Waals surface area contributed by atoms with Crippen molar-refractivity contribution in [2.75, 3.05) is 31.5 Å². The van der Waals surface area contributed by atoms with Crippen molar-refractivity contribution in [1.29, 1.82) is 0 Å². The molecule has 0 radical (unpaired) electrons. The average molecular weight is 418 g/mol. The Hall–Kier alpha value is -2.81. The van der Waals surface area contributed by atoms with Crippen LogP contribution in [0.15, 0.2) is 22.7 Å². The number of ether oxygens (including phenoxy) is 1. The summed E-state index contributed by atoms with van der Waals surface area (Å²) in [5.41, 5.74) is 6.50. The zero-order valence-electron chi connectivity index (χ0n) is 18.1. The van der Waals surface area contributed by atoms with Gasteiger partial charge in [0, 0.05) is 45.2 Å². The Labute approximate surface area is 176 Å². The summed E-state index contributed by atoms with van der Waals surface area (Å²) in [6, 6.07) is 6.18. The van der Waals surface area contributed by atoms with E-state index in [0.717, 1.165) is 24.0 Å². The lowest BCUT2D eigenvalue weighted by atomic mass is 10.1. The summed E-state index contributed by atoms with van der Waals surface area (Å²) in [7, 11) is 0. The van der Waals surface area contributed by atoms with Gasteiger partial charge in [-0.05, 0) is 45.4 Å². The summed E-state index contributed by atoms with van der Waals surface area (Å²) in [5.74, 6) is 0.242. The molecule has 0 bridgehead atoms. The number of primary amides is 1. The molecule has 2 heterocycles. The van der Waals surface area contributed by atoms with Crippen LogP contribution in [0.5, 0.6) is 0 Å². The van der Waals surface area contributed by atoms with Gasteiger partial charge in [0.15, 0.2) is 11.4 Å². The first-order valence-electron chi connectivity index (χ1n) is 10.2. The number of anilines is 1. The summed E-state index contributed by atoms with van der Waals surface area (Å²) in [4.78, 5) is 27.4. The molecule has 1 atom stereocenters. The van der Waals surface area contributed by atoms with Crippen molar-refractivity contribution in [2.45, 2.75) is 52.3 Å². The van der Waals surface area contributed by atoms with Gasteiger partial charge in [-0.2, -0.15) is 0 Å². The fraction of sp³-hybridized carbons (Fsp3) is 0.571. The minimum Gasteiger partial charge on any atom is -0.444 e. The third-order valence-electron chi connectivity index (χ3n) is 5.00. The Kier molecular flexibility index (Phi) is 6.50. The molecule has 9 nitrogen and oxygen atoms in total. The third-order valence-corrected chi connectivity index (χ3v) is 5.00. The normalized spacial score (nSPS) is 17.9. The molecule has 2 amide bonds. The standard InChI is InChI=1S/C21H31N5O4/c1-14-12-26(20(28)29-21(2,3)4)10-9-25(14)13-15-5-6-17-16(11-15)19(24-30-17)23-8-7-18(22)27/h5-6,11,14H,7-10,12-13H2,1-4H3,(H2,22,27)(H,23,24)/t14-/m1/s1. The van der Waals surface area contributed by atoms with Gasteiger partial charge in [0.05, 0.1) is 5.39 Å². The molecule has 1 aliphatic rings. The Morgan fingerprint density at radius 2 is 2.10 bits per heavy atom. The van der Waals surface area contributed by atoms with Crippen LogP contribution < -0.4 is 11.1 Å². The number of carbonyl (C=O) groups excluding carboxylic acids is 2. The maximum atomic E-state index is 12.3. The first-order chi connectivity index (χ1) is 14.1. The summed E-state index contributed by atoms with van der Waals surface area (Å²) >= 11 is 0. The highest BCUT2D eigenvalue weighted by atomic mass is 16.6. The predicted octanol–water partition coefficient (Wildman–Crippen LogP) is 2.56. The van der Waals surface area contributed by atoms with E-state index in [4.69, 9.17) is 15.0 Å². The largest absolute Gasteiger partial charge is 0.444 e. The minimum absolute atomic E-state index is 0.206. The fourth-order valence-electron chi connectivity index (χ4n) is 3.47. The van der Waals surface area contributed by atoms with Gasteiger partial charge in [-0.3, -0.25) is 9.69 Å². The first-order valence-corrected chi connectivity index (χ1v) is 10.2. The molecule has 1 aromatic carbocycles. The molecule has 3 rings (SSSR count). The van der Waals surface area contributed by atoms with E-state index >= 15 is 0 Å². The Morgan fingerprint density at radius 3 is 2.77 bits per heavy atom. The molecule has 0 saturated carbocycles. The SMILES string of the molecule is C[C@@H]1CN(C(=O)OC(C)(C)C)CCN1Cc1ccc2onc(NCCC(N)=O)c2c1. The number of hydrogen-bond acceptors (Lipinski definition) is 7. The van der Waals surface area contributed by atoms with E-state index in [2.05, 4.69) is 22.3 Å². The number of nitrogens with zero attached hydrogens (tertiary/aromatic N) is 3. The molecule has 3 N–H and O–H groups in total. The molecule has 9 heteroatoms. The number of amides is 2. The number of benzene rings is 1. The smallest absolute Gasteiger partial charge is 0.410 e. The Balaban J connectivity index is 1.62. The van der Waals surface area contributed by atoms with Crippen LogP contribution in [0.4, 0.5) is 10.6 Å². The molecule has 2 aromatic rings. The minimum atomic E-state index is -0.491. The highest BCUT2D eigenvalue weighted by Gasteiger charge is 2.29. The van der Waals surface area contributed by atoms with Gasteiger partial charge in [0.2, 0.25) is 5.91 Å². The molecule has 164 valence electrons. The van der Waals surface area contributed by atoms with Crippen molar-refractivity contribution < 1.29 is 18.8 Å². The first kappa shape index (κ1) is 21.9. The zero-order chi connectivity index (χ0) is 21.9. The van der Waals surface area contributed by atoms with Crippen LogP contribution in [-0.4, -0.2) is 64.8 Å². The number of fused-ring (bicyclic) bond motifs is 1. The lowest BCUT2D eigenvalue weighted by molar-refractivity contribution is -0.117. The maximum Gasteiger partial charge on any atom is 0.410 e. The van der Waals surface area contributed by atoms with E-state index in [0.29, 0.717) is 31.0 Å². The number of nitrogens with one attached hydrogen (secondary N) is 1. The highest BCUT2D eigenvalue weighted by Crippen LogP contribution is 2.25. The van der Waals surface area contributed by atoms with Crippen molar-refractivity contribution in [3.8, 4) is 0 Å². The van der Waals surface area contributed by atoms with Crippen molar-refractivity contribution >= 4 is 28.8 Å². The monoisotopic (exact) mass is 417 g/mol. The lowest BCUT2D eigenvalue weighted by Crippen LogP contribution is -2.54. The number of piperazine rings is 1. The summed E-state index contributed by atoms with van der Waals surface area (Å²) in [6.07, 6.45) is -0.0282. The van der Waals surface area contributed by atoms with Crippen LogP contribution in [0, 0.1) is 0 Å². The van der Waals surface area contributed by atoms with E-state index in [-0.39, 0.29) is 24.5 Å². The molecule has 1 aliphatic heterocycles. The van der Waals surface area contributed by atoms with Crippen molar-refractivity contribution in [3.05, 3.63) is 23.8 Å². The molecule has 0 aliphatic carbocycles. The summed E-state index contributed by atoms with van der Waals surface area (Å²) < 4.78 is 10.8. The van der Waals surface area contributed by atoms with Crippen LogP contribution in [0.25, 0.3) is 11.0 Å². The number of aromatic nitrogens is 1. The molecule has 1 saturated heterocycles. The van der Waals surface area contributed by atoms with Crippen LogP contribution in [0.2, 0.25) is 0 Å². The maximum absolute atomic E-state index is 12.3. The number of nitrogens with two attached hydrogens (primary N) is 1. The topological polar surface area (TPSA) is 114 Å². The van der Waals surface area contributed by atoms with E-state index in [9.17, 15) is 9.59 Å². The van der Waals surface area contributed by atoms with Gasteiger partial charge in [0.1, 0.15) is 5.60 Å². The summed E-state index contributed by atoms with van der Waals surface area (Å²) in [6.45, 7) is 10.9. The van der Waals surface area contributed by atoms with Crippen LogP contribution in [-0.2, 0) is 16.1 Å². The van der Waals surface area contributed by atoms with Gasteiger partial charge < -0.3 is 25.2 Å². The van der Waals surface area contributed by atoms with Crippen LogP contribution in [0.3, 0.4) is 0 Å². The van der Waals surface area contributed by atoms with E-state index in [1.165, 1.54) is 0 Å². The van der Waals surface area contributed by atoms with E-state index in [1.807, 2.05) is 39.0 Å². The van der Waals surface area contributed by atoms with Crippen LogP contribution >= 0.6 is 0 Å². The molecule has 1 aromatic heterocycles. The predicted molar refractivity (Wildman–Crippen MR) is 114 cm³/mol. The van der Waals surface area contributed by atoms with Gasteiger partial charge in [-0.1, -0.05) is 11.2 Å². The molecule has 1 fully saturated rings. The van der Waals surface area contributed by atoms with E-state index in [1.54, 1.807) is 4.90 Å². The Morgan fingerprint density at radius 1 is 1.33 bits per heavy atom. The van der Waals surface area contributed by atoms with Crippen molar-refractivity contribution in [3.63, 3.8) is 0 Å². The second-order valence-electron chi connectivity index (χ2n) is 8.75. The number of rotatable bonds is 6. The van der Waals surface area contributed by atoms with Crippen molar-refractivity contribution in [1.82, 2.24) is 15.0 Å². The highest BCUT2D eigenvalue weighted by molar-refractivity contribution is 5.88. The zero-order valence-corrected chi connectivity index (χ0v) is 18.1. The number of hydrogen-bond donors (Lipinski definition) is 2. The average Bonchev–Trinajstić information content (AvgIpc) is 3.04. The summed E-state index contributed by atoms with van der Waals surface area (Å²) in [5, 5.41) is 8.01. The molecular formula is C21H31N5O4. The van der Waals surface area contributed by atoms with Crippen molar-refractivity contribution in [2.24, 2.45) is 5.73 Å². The molecule has 0 spiro atoms. The van der Waals surface area contributed by atoms with Crippen LogP contribution in [0.1, 0.15) is 39.7 Å². The molecular weight excluding hydrogens is 386 g/mol. The Bertz CT molecular complexity index is 904. The second kappa shape index (κ2) is 8.91. The van der Waals surface area contributed by atoms with Gasteiger partial charge >= 0.3 is 6.09 Å². The number of carbonyl (C=O) groups is 2.